The maximum atomic E-state index is 9.06. The Hall–Kier alpha value is -2.78. The standard InChI is InChI=1S/C17H22N6O3/c18-15-16(21-12-1-2-13-14(9-12)26-11-25-13)19-10-20-17(15)23-5-3-22(4-6-23)7-8-24/h1-2,9-10,24H,3-8,11,18H2,(H,19,20,21). The van der Waals surface area contributed by atoms with E-state index in [1.165, 1.54) is 6.33 Å². The molecule has 138 valence electrons. The van der Waals surface area contributed by atoms with E-state index >= 15 is 0 Å². The monoisotopic (exact) mass is 358 g/mol. The molecule has 1 aromatic carbocycles. The van der Waals surface area contributed by atoms with Gasteiger partial charge in [-0.2, -0.15) is 0 Å². The van der Waals surface area contributed by atoms with E-state index < -0.39 is 0 Å². The van der Waals surface area contributed by atoms with Crippen LogP contribution in [0.4, 0.5) is 23.0 Å². The number of hydrogen-bond donors (Lipinski definition) is 3. The smallest absolute Gasteiger partial charge is 0.231 e. The van der Waals surface area contributed by atoms with Crippen molar-refractivity contribution in [3.05, 3.63) is 24.5 Å². The van der Waals surface area contributed by atoms with E-state index in [9.17, 15) is 0 Å². The molecule has 2 aromatic rings. The normalized spacial score (nSPS) is 16.7. The van der Waals surface area contributed by atoms with E-state index in [0.29, 0.717) is 23.8 Å². The van der Waals surface area contributed by atoms with Gasteiger partial charge in [0.2, 0.25) is 6.79 Å². The Morgan fingerprint density at radius 1 is 1.12 bits per heavy atom. The molecular weight excluding hydrogens is 336 g/mol. The molecule has 1 fully saturated rings. The Labute approximate surface area is 151 Å². The van der Waals surface area contributed by atoms with Crippen LogP contribution in [0, 0.1) is 0 Å². The maximum absolute atomic E-state index is 9.06. The summed E-state index contributed by atoms with van der Waals surface area (Å²) in [6.07, 6.45) is 1.51. The molecule has 0 aliphatic carbocycles. The highest BCUT2D eigenvalue weighted by molar-refractivity contribution is 5.78. The minimum Gasteiger partial charge on any atom is -0.454 e. The van der Waals surface area contributed by atoms with Crippen molar-refractivity contribution in [2.45, 2.75) is 0 Å². The fourth-order valence-electron chi connectivity index (χ4n) is 3.17. The van der Waals surface area contributed by atoms with Gasteiger partial charge in [0.25, 0.3) is 0 Å². The lowest BCUT2D eigenvalue weighted by Crippen LogP contribution is -2.47. The van der Waals surface area contributed by atoms with Crippen LogP contribution in [0.5, 0.6) is 11.5 Å². The predicted molar refractivity (Wildman–Crippen MR) is 98.0 cm³/mol. The number of nitrogen functional groups attached to an aromatic ring is 1. The molecule has 26 heavy (non-hydrogen) atoms. The van der Waals surface area contributed by atoms with Gasteiger partial charge in [-0.1, -0.05) is 0 Å². The van der Waals surface area contributed by atoms with Crippen LogP contribution >= 0.6 is 0 Å². The molecule has 0 spiro atoms. The van der Waals surface area contributed by atoms with E-state index in [4.69, 9.17) is 20.3 Å². The molecule has 4 rings (SSSR count). The van der Waals surface area contributed by atoms with Crippen molar-refractivity contribution in [3.63, 3.8) is 0 Å². The summed E-state index contributed by atoms with van der Waals surface area (Å²) >= 11 is 0. The molecule has 2 aliphatic rings. The Morgan fingerprint density at radius 3 is 2.73 bits per heavy atom. The quantitative estimate of drug-likeness (QED) is 0.709. The number of nitrogens with one attached hydrogen (secondary N) is 1. The van der Waals surface area contributed by atoms with Crippen LogP contribution in [-0.2, 0) is 0 Å². The van der Waals surface area contributed by atoms with E-state index in [2.05, 4.69) is 25.1 Å². The number of hydrogen-bond acceptors (Lipinski definition) is 9. The first-order valence-electron chi connectivity index (χ1n) is 8.60. The number of benzene rings is 1. The highest BCUT2D eigenvalue weighted by Crippen LogP contribution is 2.36. The summed E-state index contributed by atoms with van der Waals surface area (Å²) in [7, 11) is 0. The van der Waals surface area contributed by atoms with Gasteiger partial charge < -0.3 is 30.5 Å². The average molecular weight is 358 g/mol. The molecule has 9 heteroatoms. The number of nitrogens with two attached hydrogens (primary N) is 1. The number of aliphatic hydroxyl groups is 1. The van der Waals surface area contributed by atoms with Gasteiger partial charge in [0.15, 0.2) is 23.1 Å². The van der Waals surface area contributed by atoms with Crippen LogP contribution in [0.2, 0.25) is 0 Å². The summed E-state index contributed by atoms with van der Waals surface area (Å²) < 4.78 is 10.7. The zero-order valence-corrected chi connectivity index (χ0v) is 14.4. The molecule has 3 heterocycles. The third-order valence-electron chi connectivity index (χ3n) is 4.59. The number of aliphatic hydroxyl groups excluding tert-OH is 1. The summed E-state index contributed by atoms with van der Waals surface area (Å²) in [6.45, 7) is 4.48. The summed E-state index contributed by atoms with van der Waals surface area (Å²) in [5.74, 6) is 2.72. The lowest BCUT2D eigenvalue weighted by molar-refractivity contribution is 0.174. The SMILES string of the molecule is Nc1c(Nc2ccc3c(c2)OCO3)ncnc1N1CCN(CCO)CC1. The first-order valence-corrected chi connectivity index (χ1v) is 8.60. The molecule has 1 saturated heterocycles. The van der Waals surface area contributed by atoms with Gasteiger partial charge >= 0.3 is 0 Å². The van der Waals surface area contributed by atoms with Crippen LogP contribution in [-0.4, -0.2) is 66.1 Å². The highest BCUT2D eigenvalue weighted by Gasteiger charge is 2.21. The van der Waals surface area contributed by atoms with Gasteiger partial charge in [-0.25, -0.2) is 9.97 Å². The third-order valence-corrected chi connectivity index (χ3v) is 4.59. The summed E-state index contributed by atoms with van der Waals surface area (Å²) in [5.41, 5.74) is 7.66. The molecule has 0 radical (unpaired) electrons. The molecule has 0 amide bonds. The van der Waals surface area contributed by atoms with Crippen LogP contribution in [0.1, 0.15) is 0 Å². The zero-order chi connectivity index (χ0) is 17.9. The molecular formula is C17H22N6O3. The summed E-state index contributed by atoms with van der Waals surface area (Å²) in [5, 5.41) is 12.3. The Bertz CT molecular complexity index is 779. The fraction of sp³-hybridized carbons (Fsp3) is 0.412. The maximum Gasteiger partial charge on any atom is 0.231 e. The van der Waals surface area contributed by atoms with Gasteiger partial charge in [0, 0.05) is 44.5 Å². The fourth-order valence-corrected chi connectivity index (χ4v) is 3.17. The molecule has 0 bridgehead atoms. The molecule has 0 atom stereocenters. The van der Waals surface area contributed by atoms with Gasteiger partial charge in [-0.05, 0) is 12.1 Å². The van der Waals surface area contributed by atoms with Gasteiger partial charge in [0.1, 0.15) is 12.0 Å². The second-order valence-corrected chi connectivity index (χ2v) is 6.20. The Balaban J connectivity index is 1.49. The number of nitrogens with zero attached hydrogens (tertiary/aromatic N) is 4. The highest BCUT2D eigenvalue weighted by atomic mass is 16.7. The molecule has 4 N–H and O–H groups in total. The third kappa shape index (κ3) is 3.31. The summed E-state index contributed by atoms with van der Waals surface area (Å²) in [6, 6.07) is 5.60. The number of aromatic nitrogens is 2. The van der Waals surface area contributed by atoms with Gasteiger partial charge in [-0.15, -0.1) is 0 Å². The molecule has 1 aromatic heterocycles. The first-order chi connectivity index (χ1) is 12.7. The minimum atomic E-state index is 0.180. The lowest BCUT2D eigenvalue weighted by atomic mass is 10.2. The molecule has 0 saturated carbocycles. The Morgan fingerprint density at radius 2 is 1.92 bits per heavy atom. The topological polar surface area (TPSA) is 109 Å². The number of β-amino-alcohol motifs (C(OH)–C–C–N with tert-alkyl or cyclic N) is 1. The van der Waals surface area contributed by atoms with E-state index in [1.807, 2.05) is 18.2 Å². The van der Waals surface area contributed by atoms with Gasteiger partial charge in [0.05, 0.1) is 6.61 Å². The van der Waals surface area contributed by atoms with Crippen LogP contribution in [0.25, 0.3) is 0 Å². The molecule has 0 unspecified atom stereocenters. The molecule has 9 nitrogen and oxygen atoms in total. The number of rotatable bonds is 5. The van der Waals surface area contributed by atoms with E-state index in [-0.39, 0.29) is 13.4 Å². The first kappa shape index (κ1) is 16.7. The van der Waals surface area contributed by atoms with Crippen LogP contribution < -0.4 is 25.4 Å². The zero-order valence-electron chi connectivity index (χ0n) is 14.4. The second kappa shape index (κ2) is 7.22. The van der Waals surface area contributed by atoms with Crippen molar-refractivity contribution < 1.29 is 14.6 Å². The van der Waals surface area contributed by atoms with Crippen molar-refractivity contribution in [1.29, 1.82) is 0 Å². The predicted octanol–water partition coefficient (Wildman–Crippen LogP) is 0.645. The number of fused-ring (bicyclic) bond motifs is 1. The average Bonchev–Trinajstić information content (AvgIpc) is 3.12. The van der Waals surface area contributed by atoms with E-state index in [0.717, 1.165) is 43.4 Å². The van der Waals surface area contributed by atoms with Crippen molar-refractivity contribution in [2.75, 3.05) is 62.1 Å². The largest absolute Gasteiger partial charge is 0.454 e. The molecule has 2 aliphatic heterocycles. The Kier molecular flexibility index (Phi) is 4.63. The van der Waals surface area contributed by atoms with Crippen LogP contribution in [0.3, 0.4) is 0 Å². The van der Waals surface area contributed by atoms with Gasteiger partial charge in [-0.3, -0.25) is 4.90 Å². The second-order valence-electron chi connectivity index (χ2n) is 6.20. The van der Waals surface area contributed by atoms with Crippen molar-refractivity contribution in [3.8, 4) is 11.5 Å². The minimum absolute atomic E-state index is 0.180. The van der Waals surface area contributed by atoms with Crippen LogP contribution in [0.15, 0.2) is 24.5 Å². The van der Waals surface area contributed by atoms with E-state index in [1.54, 1.807) is 0 Å². The number of ether oxygens (including phenoxy) is 2. The van der Waals surface area contributed by atoms with Crippen molar-refractivity contribution in [2.24, 2.45) is 0 Å². The number of anilines is 4. The van der Waals surface area contributed by atoms with Crippen molar-refractivity contribution >= 4 is 23.0 Å². The lowest BCUT2D eigenvalue weighted by Gasteiger charge is -2.35. The number of piperazine rings is 1. The van der Waals surface area contributed by atoms with Crippen molar-refractivity contribution in [1.82, 2.24) is 14.9 Å². The summed E-state index contributed by atoms with van der Waals surface area (Å²) in [4.78, 5) is 13.0.